The van der Waals surface area contributed by atoms with Crippen LogP contribution in [0.2, 0.25) is 5.02 Å². The van der Waals surface area contributed by atoms with Gasteiger partial charge in [-0.2, -0.15) is 0 Å². The van der Waals surface area contributed by atoms with Crippen molar-refractivity contribution in [3.63, 3.8) is 0 Å². The van der Waals surface area contributed by atoms with Gasteiger partial charge in [0.15, 0.2) is 5.11 Å². The fraction of sp³-hybridized carbons (Fsp3) is 0.206. The molecule has 5 aromatic rings. The van der Waals surface area contributed by atoms with Gasteiger partial charge in [-0.15, -0.1) is 0 Å². The number of nitrogens with zero attached hydrogens (tertiary/aromatic N) is 3. The first-order valence-corrected chi connectivity index (χ1v) is 14.9. The molecule has 7 nitrogen and oxygen atoms in total. The van der Waals surface area contributed by atoms with Gasteiger partial charge in [-0.25, -0.2) is 0 Å². The number of aryl methyl sites for hydroxylation is 1. The number of anilines is 1. The van der Waals surface area contributed by atoms with Crippen LogP contribution in [0.25, 0.3) is 16.5 Å². The Hall–Kier alpha value is -4.40. The van der Waals surface area contributed by atoms with Crippen LogP contribution in [0.3, 0.4) is 0 Å². The third kappa shape index (κ3) is 5.56. The number of hydrogen-bond donors (Lipinski definition) is 2. The molecule has 1 aliphatic rings. The minimum absolute atomic E-state index is 0.0756. The van der Waals surface area contributed by atoms with E-state index in [1.165, 1.54) is 0 Å². The SMILES string of the molecule is COc1ccc(Cl)cc1-n1c(C)cc([C@H]2[C@H](c3ccccn3)NC(=S)N2CCC(=O)Nc2cccc3ccccc23)c1C. The normalized spacial score (nSPS) is 16.4. The Bertz CT molecular complexity index is 1820. The molecule has 0 aliphatic carbocycles. The highest BCUT2D eigenvalue weighted by molar-refractivity contribution is 7.80. The monoisotopic (exact) mass is 609 g/mol. The summed E-state index contributed by atoms with van der Waals surface area (Å²) in [5.74, 6) is 0.648. The van der Waals surface area contributed by atoms with Gasteiger partial charge in [0.2, 0.25) is 5.91 Å². The van der Waals surface area contributed by atoms with Crippen LogP contribution in [-0.2, 0) is 4.79 Å². The average Bonchev–Trinajstić information content (AvgIpc) is 3.50. The molecule has 1 saturated heterocycles. The van der Waals surface area contributed by atoms with Crippen LogP contribution in [0, 0.1) is 13.8 Å². The third-order valence-corrected chi connectivity index (χ3v) is 8.60. The molecule has 0 saturated carbocycles. The predicted molar refractivity (Wildman–Crippen MR) is 176 cm³/mol. The Morgan fingerprint density at radius 2 is 1.84 bits per heavy atom. The van der Waals surface area contributed by atoms with E-state index in [9.17, 15) is 4.79 Å². The molecule has 1 amide bonds. The maximum atomic E-state index is 13.3. The van der Waals surface area contributed by atoms with Gasteiger partial charge in [0.05, 0.1) is 30.6 Å². The van der Waals surface area contributed by atoms with Crippen molar-refractivity contribution in [2.24, 2.45) is 0 Å². The topological polar surface area (TPSA) is 71.4 Å². The lowest BCUT2D eigenvalue weighted by Gasteiger charge is -2.28. The molecule has 2 atom stereocenters. The maximum absolute atomic E-state index is 13.3. The van der Waals surface area contributed by atoms with E-state index in [1.807, 2.05) is 78.9 Å². The summed E-state index contributed by atoms with van der Waals surface area (Å²) in [5, 5.41) is 9.91. The molecule has 0 bridgehead atoms. The highest BCUT2D eigenvalue weighted by Crippen LogP contribution is 2.42. The number of benzene rings is 3. The van der Waals surface area contributed by atoms with Gasteiger partial charge in [-0.05, 0) is 79.5 Å². The molecule has 43 heavy (non-hydrogen) atoms. The van der Waals surface area contributed by atoms with Crippen LogP contribution >= 0.6 is 23.8 Å². The summed E-state index contributed by atoms with van der Waals surface area (Å²) < 4.78 is 7.85. The Kier molecular flexibility index (Phi) is 8.06. The molecule has 9 heteroatoms. The summed E-state index contributed by atoms with van der Waals surface area (Å²) in [6.07, 6.45) is 2.05. The second kappa shape index (κ2) is 12.1. The molecule has 0 radical (unpaired) electrons. The summed E-state index contributed by atoms with van der Waals surface area (Å²) >= 11 is 12.3. The smallest absolute Gasteiger partial charge is 0.226 e. The highest BCUT2D eigenvalue weighted by Gasteiger charge is 2.41. The molecule has 2 N–H and O–H groups in total. The number of aromatic nitrogens is 2. The van der Waals surface area contributed by atoms with Gasteiger partial charge in [-0.1, -0.05) is 54.1 Å². The Morgan fingerprint density at radius 1 is 1.05 bits per heavy atom. The van der Waals surface area contributed by atoms with Gasteiger partial charge >= 0.3 is 0 Å². The van der Waals surface area contributed by atoms with Crippen molar-refractivity contribution in [1.29, 1.82) is 0 Å². The quantitative estimate of drug-likeness (QED) is 0.180. The van der Waals surface area contributed by atoms with Gasteiger partial charge in [0, 0.05) is 46.6 Å². The van der Waals surface area contributed by atoms with Gasteiger partial charge in [0.1, 0.15) is 5.75 Å². The Balaban J connectivity index is 1.33. The Labute approximate surface area is 261 Å². The lowest BCUT2D eigenvalue weighted by molar-refractivity contribution is -0.116. The number of carbonyl (C=O) groups excluding carboxylic acids is 1. The molecule has 218 valence electrons. The molecule has 6 rings (SSSR count). The van der Waals surface area contributed by atoms with E-state index in [1.54, 1.807) is 13.3 Å². The van der Waals surface area contributed by atoms with Crippen molar-refractivity contribution in [3.8, 4) is 11.4 Å². The maximum Gasteiger partial charge on any atom is 0.226 e. The van der Waals surface area contributed by atoms with Crippen molar-refractivity contribution in [1.82, 2.24) is 19.8 Å². The summed E-state index contributed by atoms with van der Waals surface area (Å²) in [4.78, 5) is 20.1. The predicted octanol–water partition coefficient (Wildman–Crippen LogP) is 7.31. The number of halogens is 1. The second-order valence-corrected chi connectivity index (χ2v) is 11.4. The van der Waals surface area contributed by atoms with E-state index in [0.717, 1.165) is 50.5 Å². The second-order valence-electron chi connectivity index (χ2n) is 10.6. The van der Waals surface area contributed by atoms with Crippen molar-refractivity contribution >= 4 is 51.3 Å². The number of methoxy groups -OCH3 is 1. The zero-order chi connectivity index (χ0) is 30.1. The van der Waals surface area contributed by atoms with E-state index >= 15 is 0 Å². The number of fused-ring (bicyclic) bond motifs is 1. The number of thiocarbonyl (C=S) groups is 1. The van der Waals surface area contributed by atoms with E-state index in [0.29, 0.717) is 16.7 Å². The van der Waals surface area contributed by atoms with Crippen molar-refractivity contribution in [2.75, 3.05) is 19.0 Å². The molecule has 3 aromatic carbocycles. The number of pyridine rings is 1. The first-order chi connectivity index (χ1) is 20.9. The van der Waals surface area contributed by atoms with E-state index in [2.05, 4.69) is 45.0 Å². The molecule has 1 aliphatic heterocycles. The minimum atomic E-state index is -0.204. The average molecular weight is 610 g/mol. The number of carbonyl (C=O) groups is 1. The summed E-state index contributed by atoms with van der Waals surface area (Å²) in [7, 11) is 1.66. The number of amides is 1. The molecular formula is C34H32ClN5O2S. The van der Waals surface area contributed by atoms with Crippen LogP contribution in [0.15, 0.2) is 91.1 Å². The fourth-order valence-corrected chi connectivity index (χ4v) is 6.55. The summed E-state index contributed by atoms with van der Waals surface area (Å²) in [6, 6.07) is 27.2. The molecule has 2 aromatic heterocycles. The number of rotatable bonds is 8. The number of ether oxygens (including phenoxy) is 1. The van der Waals surface area contributed by atoms with Crippen LogP contribution < -0.4 is 15.4 Å². The largest absolute Gasteiger partial charge is 0.495 e. The highest BCUT2D eigenvalue weighted by atomic mass is 35.5. The summed E-state index contributed by atoms with van der Waals surface area (Å²) in [5.41, 5.74) is 5.67. The summed E-state index contributed by atoms with van der Waals surface area (Å²) in [6.45, 7) is 4.58. The first-order valence-electron chi connectivity index (χ1n) is 14.1. The lowest BCUT2D eigenvalue weighted by atomic mass is 9.96. The van der Waals surface area contributed by atoms with E-state index in [-0.39, 0.29) is 24.4 Å². The molecular weight excluding hydrogens is 578 g/mol. The minimum Gasteiger partial charge on any atom is -0.495 e. The van der Waals surface area contributed by atoms with Crippen molar-refractivity contribution in [3.05, 3.63) is 119 Å². The zero-order valence-corrected chi connectivity index (χ0v) is 25.7. The molecule has 3 heterocycles. The molecule has 1 fully saturated rings. The van der Waals surface area contributed by atoms with Gasteiger partial charge < -0.3 is 24.8 Å². The van der Waals surface area contributed by atoms with Gasteiger partial charge in [-0.3, -0.25) is 9.78 Å². The van der Waals surface area contributed by atoms with Crippen LogP contribution in [0.4, 0.5) is 5.69 Å². The molecule has 0 spiro atoms. The van der Waals surface area contributed by atoms with E-state index < -0.39 is 0 Å². The number of hydrogen-bond acceptors (Lipinski definition) is 4. The standard InChI is InChI=1S/C34H32ClN5O2S/c1-21-19-26(22(2)40(21)29-20-24(35)14-15-30(29)42-3)33-32(28-12-6-7-17-36-28)38-34(43)39(33)18-16-31(41)37-27-13-8-10-23-9-4-5-11-25(23)27/h4-15,17,19-20,32-33H,16,18H2,1-3H3,(H,37,41)(H,38,43)/t32-,33-/m0/s1. The van der Waals surface area contributed by atoms with Crippen molar-refractivity contribution in [2.45, 2.75) is 32.4 Å². The zero-order valence-electron chi connectivity index (χ0n) is 24.2. The first kappa shape index (κ1) is 28.7. The van der Waals surface area contributed by atoms with E-state index in [4.69, 9.17) is 28.6 Å². The number of nitrogens with one attached hydrogen (secondary N) is 2. The van der Waals surface area contributed by atoms with Crippen LogP contribution in [-0.4, -0.2) is 39.1 Å². The van der Waals surface area contributed by atoms with Crippen molar-refractivity contribution < 1.29 is 9.53 Å². The molecule has 0 unspecified atom stereocenters. The Morgan fingerprint density at radius 3 is 2.63 bits per heavy atom. The lowest BCUT2D eigenvalue weighted by Crippen LogP contribution is -2.33. The van der Waals surface area contributed by atoms with Crippen LogP contribution in [0.5, 0.6) is 5.75 Å². The van der Waals surface area contributed by atoms with Gasteiger partial charge in [0.25, 0.3) is 0 Å². The third-order valence-electron chi connectivity index (χ3n) is 8.01. The fourth-order valence-electron chi connectivity index (χ4n) is 6.05. The van der Waals surface area contributed by atoms with Crippen LogP contribution in [0.1, 0.15) is 41.1 Å².